The lowest BCUT2D eigenvalue weighted by Crippen LogP contribution is -2.02. The number of anilines is 1. The Morgan fingerprint density at radius 3 is 1.47 bits per heavy atom. The minimum absolute atomic E-state index is 0.513. The molecule has 0 fully saturated rings. The van der Waals surface area contributed by atoms with Gasteiger partial charge in [-0.15, -0.1) is 0 Å². The quantitative estimate of drug-likeness (QED) is 0.708. The van der Waals surface area contributed by atoms with E-state index < -0.39 is 0 Å². The van der Waals surface area contributed by atoms with E-state index in [9.17, 15) is 0 Å². The summed E-state index contributed by atoms with van der Waals surface area (Å²) in [7, 11) is 0. The Morgan fingerprint density at radius 1 is 0.867 bits per heavy atom. The molecule has 0 saturated heterocycles. The maximum Gasteiger partial charge on any atom is 0.0384 e. The summed E-state index contributed by atoms with van der Waals surface area (Å²) in [6, 6.07) is 6.33. The van der Waals surface area contributed by atoms with Crippen LogP contribution in [0, 0.1) is 0 Å². The van der Waals surface area contributed by atoms with Crippen LogP contribution in [0.2, 0.25) is 0 Å². The highest BCUT2D eigenvalue weighted by molar-refractivity contribution is 5.56. The summed E-state index contributed by atoms with van der Waals surface area (Å²) in [5.74, 6) is 1.03. The summed E-state index contributed by atoms with van der Waals surface area (Å²) in [4.78, 5) is 0. The van der Waals surface area contributed by atoms with Crippen LogP contribution in [0.5, 0.6) is 0 Å². The summed E-state index contributed by atoms with van der Waals surface area (Å²) in [5, 5.41) is 0. The number of benzene rings is 1. The third kappa shape index (κ3) is 3.58. The van der Waals surface area contributed by atoms with Crippen molar-refractivity contribution >= 4 is 5.69 Å². The molecule has 0 bridgehead atoms. The third-order valence-corrected chi connectivity index (χ3v) is 2.42. The summed E-state index contributed by atoms with van der Waals surface area (Å²) in [6.07, 6.45) is 0. The second-order valence-corrected chi connectivity index (χ2v) is 4.16. The highest BCUT2D eigenvalue weighted by atomic mass is 14.6. The molecule has 1 nitrogen and oxygen atoms in total. The maximum absolute atomic E-state index is 6.09. The smallest absolute Gasteiger partial charge is 0.0384 e. The molecule has 1 rings (SSSR count). The lowest BCUT2D eigenvalue weighted by molar-refractivity contribution is 0.840. The molecule has 0 unspecified atom stereocenters. The van der Waals surface area contributed by atoms with Crippen LogP contribution >= 0.6 is 0 Å². The SMILES string of the molecule is CC.CC(C)c1cccc(C(C)C)c1N. The molecule has 0 spiro atoms. The molecular weight excluding hydrogens is 182 g/mol. The van der Waals surface area contributed by atoms with Crippen molar-refractivity contribution in [3.63, 3.8) is 0 Å². The topological polar surface area (TPSA) is 26.0 Å². The predicted molar refractivity (Wildman–Crippen MR) is 70.4 cm³/mol. The Kier molecular flexibility index (Phi) is 6.07. The van der Waals surface area contributed by atoms with Crippen LogP contribution in [0.4, 0.5) is 5.69 Å². The molecule has 0 saturated carbocycles. The number of nitrogens with two attached hydrogens (primary N) is 1. The molecule has 2 N–H and O–H groups in total. The fourth-order valence-corrected chi connectivity index (χ4v) is 1.61. The average Bonchev–Trinajstić information content (AvgIpc) is 2.20. The van der Waals surface area contributed by atoms with Gasteiger partial charge in [0.25, 0.3) is 0 Å². The molecule has 0 aromatic heterocycles. The Bertz CT molecular complexity index is 261. The van der Waals surface area contributed by atoms with Gasteiger partial charge in [-0.3, -0.25) is 0 Å². The molecule has 1 heteroatoms. The van der Waals surface area contributed by atoms with E-state index in [4.69, 9.17) is 5.73 Å². The fourth-order valence-electron chi connectivity index (χ4n) is 1.61. The van der Waals surface area contributed by atoms with Crippen molar-refractivity contribution in [3.8, 4) is 0 Å². The Morgan fingerprint density at radius 2 is 1.20 bits per heavy atom. The average molecular weight is 207 g/mol. The van der Waals surface area contributed by atoms with Gasteiger partial charge in [0.1, 0.15) is 0 Å². The van der Waals surface area contributed by atoms with E-state index in [1.54, 1.807) is 0 Å². The minimum Gasteiger partial charge on any atom is -0.398 e. The standard InChI is InChI=1S/C12H19N.C2H6/c1-8(2)10-6-5-7-11(9(3)4)12(10)13;1-2/h5-9H,13H2,1-4H3;1-2H3. The molecule has 0 radical (unpaired) electrons. The van der Waals surface area contributed by atoms with Crippen LogP contribution in [-0.4, -0.2) is 0 Å². The predicted octanol–water partition coefficient (Wildman–Crippen LogP) is 4.54. The first kappa shape index (κ1) is 14.0. The minimum atomic E-state index is 0.513. The molecule has 0 aliphatic heterocycles. The molecule has 0 amide bonds. The molecule has 0 heterocycles. The first-order chi connectivity index (χ1) is 7.04. The molecular formula is C14H25N. The van der Waals surface area contributed by atoms with Crippen molar-refractivity contribution in [1.82, 2.24) is 0 Å². The summed E-state index contributed by atoms with van der Waals surface area (Å²) >= 11 is 0. The molecule has 86 valence electrons. The number of para-hydroxylation sites is 1. The second kappa shape index (κ2) is 6.49. The Balaban J connectivity index is 0.000000921. The van der Waals surface area contributed by atoms with Gasteiger partial charge in [-0.2, -0.15) is 0 Å². The van der Waals surface area contributed by atoms with E-state index in [-0.39, 0.29) is 0 Å². The first-order valence-electron chi connectivity index (χ1n) is 5.92. The van der Waals surface area contributed by atoms with Crippen molar-refractivity contribution < 1.29 is 0 Å². The number of nitrogen functional groups attached to an aromatic ring is 1. The van der Waals surface area contributed by atoms with Gasteiger partial charge in [0.05, 0.1) is 0 Å². The van der Waals surface area contributed by atoms with Crippen LogP contribution < -0.4 is 5.73 Å². The lowest BCUT2D eigenvalue weighted by Gasteiger charge is -2.15. The van der Waals surface area contributed by atoms with Crippen molar-refractivity contribution in [2.24, 2.45) is 0 Å². The summed E-state index contributed by atoms with van der Waals surface area (Å²) < 4.78 is 0. The largest absolute Gasteiger partial charge is 0.398 e. The zero-order valence-electron chi connectivity index (χ0n) is 11.0. The van der Waals surface area contributed by atoms with Gasteiger partial charge >= 0.3 is 0 Å². The zero-order chi connectivity index (χ0) is 12.0. The van der Waals surface area contributed by atoms with E-state index >= 15 is 0 Å². The summed E-state index contributed by atoms with van der Waals surface area (Å²) in [6.45, 7) is 12.7. The van der Waals surface area contributed by atoms with E-state index in [2.05, 4.69) is 45.9 Å². The van der Waals surface area contributed by atoms with Crippen molar-refractivity contribution in [2.75, 3.05) is 5.73 Å². The maximum atomic E-state index is 6.09. The van der Waals surface area contributed by atoms with E-state index in [1.165, 1.54) is 11.1 Å². The van der Waals surface area contributed by atoms with Crippen LogP contribution in [0.3, 0.4) is 0 Å². The fraction of sp³-hybridized carbons (Fsp3) is 0.571. The van der Waals surface area contributed by atoms with Gasteiger partial charge in [0, 0.05) is 5.69 Å². The Hall–Kier alpha value is -0.980. The Labute approximate surface area is 94.7 Å². The van der Waals surface area contributed by atoms with E-state index in [0.717, 1.165) is 5.69 Å². The number of hydrogen-bond acceptors (Lipinski definition) is 1. The van der Waals surface area contributed by atoms with Gasteiger partial charge in [-0.25, -0.2) is 0 Å². The molecule has 1 aromatic carbocycles. The second-order valence-electron chi connectivity index (χ2n) is 4.16. The molecule has 1 aromatic rings. The number of hydrogen-bond donors (Lipinski definition) is 1. The van der Waals surface area contributed by atoms with Crippen molar-refractivity contribution in [2.45, 2.75) is 53.4 Å². The van der Waals surface area contributed by atoms with E-state index in [0.29, 0.717) is 11.8 Å². The van der Waals surface area contributed by atoms with Crippen LogP contribution in [0.1, 0.15) is 64.5 Å². The van der Waals surface area contributed by atoms with Crippen LogP contribution in [0.25, 0.3) is 0 Å². The summed E-state index contributed by atoms with van der Waals surface area (Å²) in [5.41, 5.74) is 9.60. The highest BCUT2D eigenvalue weighted by Crippen LogP contribution is 2.29. The molecule has 15 heavy (non-hydrogen) atoms. The van der Waals surface area contributed by atoms with Gasteiger partial charge in [0.15, 0.2) is 0 Å². The van der Waals surface area contributed by atoms with Crippen molar-refractivity contribution in [1.29, 1.82) is 0 Å². The van der Waals surface area contributed by atoms with Gasteiger partial charge in [-0.05, 0) is 23.0 Å². The van der Waals surface area contributed by atoms with Crippen LogP contribution in [-0.2, 0) is 0 Å². The van der Waals surface area contributed by atoms with Gasteiger partial charge in [-0.1, -0.05) is 59.7 Å². The molecule has 0 aliphatic rings. The zero-order valence-corrected chi connectivity index (χ0v) is 11.0. The van der Waals surface area contributed by atoms with Gasteiger partial charge in [0.2, 0.25) is 0 Å². The molecule has 0 atom stereocenters. The lowest BCUT2D eigenvalue weighted by atomic mass is 9.93. The third-order valence-electron chi connectivity index (χ3n) is 2.42. The normalized spacial score (nSPS) is 10.1. The van der Waals surface area contributed by atoms with Crippen LogP contribution in [0.15, 0.2) is 18.2 Å². The van der Waals surface area contributed by atoms with E-state index in [1.807, 2.05) is 13.8 Å². The molecule has 0 aliphatic carbocycles. The van der Waals surface area contributed by atoms with Crippen molar-refractivity contribution in [3.05, 3.63) is 29.3 Å². The monoisotopic (exact) mass is 207 g/mol. The van der Waals surface area contributed by atoms with Gasteiger partial charge < -0.3 is 5.73 Å². The first-order valence-corrected chi connectivity index (χ1v) is 5.92. The number of rotatable bonds is 2. The highest BCUT2D eigenvalue weighted by Gasteiger charge is 2.09.